The van der Waals surface area contributed by atoms with Crippen molar-refractivity contribution < 1.29 is 5.11 Å². The van der Waals surface area contributed by atoms with Crippen LogP contribution in [0.25, 0.3) is 0 Å². The van der Waals surface area contributed by atoms with Gasteiger partial charge < -0.3 is 10.4 Å². The lowest BCUT2D eigenvalue weighted by molar-refractivity contribution is 0.0350. The minimum atomic E-state index is -0.719. The van der Waals surface area contributed by atoms with E-state index in [1.807, 2.05) is 19.2 Å². The maximum absolute atomic E-state index is 9.86. The SMILES string of the molecule is CCN(Cc1nc(NC)ccc1Cl)CC(C)(C)O. The molecule has 1 aromatic heterocycles. The van der Waals surface area contributed by atoms with Gasteiger partial charge in [-0.1, -0.05) is 18.5 Å². The van der Waals surface area contributed by atoms with Crippen LogP contribution in [0.5, 0.6) is 0 Å². The van der Waals surface area contributed by atoms with Crippen molar-refractivity contribution in [3.8, 4) is 0 Å². The van der Waals surface area contributed by atoms with Gasteiger partial charge in [0.25, 0.3) is 0 Å². The van der Waals surface area contributed by atoms with Gasteiger partial charge >= 0.3 is 0 Å². The summed E-state index contributed by atoms with van der Waals surface area (Å²) < 4.78 is 0. The fourth-order valence-corrected chi connectivity index (χ4v) is 1.94. The highest BCUT2D eigenvalue weighted by molar-refractivity contribution is 6.31. The van der Waals surface area contributed by atoms with Crippen molar-refractivity contribution in [2.24, 2.45) is 0 Å². The molecular weight excluding hydrogens is 250 g/mol. The number of nitrogens with zero attached hydrogens (tertiary/aromatic N) is 2. The van der Waals surface area contributed by atoms with Crippen LogP contribution in [-0.2, 0) is 6.54 Å². The average Bonchev–Trinajstić information content (AvgIpc) is 2.29. The van der Waals surface area contributed by atoms with Crippen molar-refractivity contribution in [1.29, 1.82) is 0 Å². The third-order valence-electron chi connectivity index (χ3n) is 2.61. The highest BCUT2D eigenvalue weighted by Gasteiger charge is 2.18. The number of halogens is 1. The smallest absolute Gasteiger partial charge is 0.126 e. The quantitative estimate of drug-likeness (QED) is 0.834. The van der Waals surface area contributed by atoms with Crippen molar-refractivity contribution in [3.63, 3.8) is 0 Å². The highest BCUT2D eigenvalue weighted by Crippen LogP contribution is 2.19. The number of aromatic nitrogens is 1. The number of likely N-dealkylation sites (N-methyl/N-ethyl adjacent to an activating group) is 1. The summed E-state index contributed by atoms with van der Waals surface area (Å²) in [5, 5.41) is 13.5. The second-order valence-electron chi connectivity index (χ2n) is 4.99. The summed E-state index contributed by atoms with van der Waals surface area (Å²) in [6, 6.07) is 3.69. The highest BCUT2D eigenvalue weighted by atomic mass is 35.5. The van der Waals surface area contributed by atoms with Gasteiger partial charge in [-0.15, -0.1) is 0 Å². The standard InChI is InChI=1S/C13H22ClN3O/c1-5-17(9-13(2,3)18)8-11-10(14)6-7-12(15-4)16-11/h6-7,18H,5,8-9H2,1-4H3,(H,15,16). The molecule has 0 unspecified atom stereocenters. The Balaban J connectivity index is 2.81. The van der Waals surface area contributed by atoms with E-state index < -0.39 is 5.60 Å². The summed E-state index contributed by atoms with van der Waals surface area (Å²) in [5.74, 6) is 0.800. The van der Waals surface area contributed by atoms with E-state index in [0.29, 0.717) is 18.1 Å². The number of rotatable bonds is 6. The minimum Gasteiger partial charge on any atom is -0.389 e. The van der Waals surface area contributed by atoms with Gasteiger partial charge in [-0.25, -0.2) is 4.98 Å². The van der Waals surface area contributed by atoms with Gasteiger partial charge in [0.1, 0.15) is 5.82 Å². The van der Waals surface area contributed by atoms with Crippen LogP contribution in [0, 0.1) is 0 Å². The predicted molar refractivity (Wildman–Crippen MR) is 76.0 cm³/mol. The molecule has 0 bridgehead atoms. The molecule has 4 nitrogen and oxygen atoms in total. The molecule has 0 radical (unpaired) electrons. The number of nitrogens with one attached hydrogen (secondary N) is 1. The van der Waals surface area contributed by atoms with E-state index in [1.165, 1.54) is 0 Å². The molecule has 0 aliphatic carbocycles. The first-order valence-electron chi connectivity index (χ1n) is 6.13. The lowest BCUT2D eigenvalue weighted by atomic mass is 10.1. The van der Waals surface area contributed by atoms with Crippen molar-refractivity contribution in [2.45, 2.75) is 32.9 Å². The van der Waals surface area contributed by atoms with E-state index in [4.69, 9.17) is 11.6 Å². The summed E-state index contributed by atoms with van der Waals surface area (Å²) in [6.07, 6.45) is 0. The molecule has 18 heavy (non-hydrogen) atoms. The molecule has 0 spiro atoms. The molecule has 5 heteroatoms. The monoisotopic (exact) mass is 271 g/mol. The van der Waals surface area contributed by atoms with E-state index >= 15 is 0 Å². The molecule has 0 aliphatic heterocycles. The van der Waals surface area contributed by atoms with E-state index in [1.54, 1.807) is 13.8 Å². The zero-order valence-electron chi connectivity index (χ0n) is 11.5. The molecule has 102 valence electrons. The zero-order valence-corrected chi connectivity index (χ0v) is 12.3. The van der Waals surface area contributed by atoms with E-state index in [9.17, 15) is 5.11 Å². The average molecular weight is 272 g/mol. The second-order valence-corrected chi connectivity index (χ2v) is 5.40. The van der Waals surface area contributed by atoms with Crippen molar-refractivity contribution in [2.75, 3.05) is 25.5 Å². The number of anilines is 1. The van der Waals surface area contributed by atoms with Gasteiger partial charge in [0.05, 0.1) is 16.3 Å². The van der Waals surface area contributed by atoms with Gasteiger partial charge in [-0.3, -0.25) is 4.90 Å². The van der Waals surface area contributed by atoms with Crippen molar-refractivity contribution in [3.05, 3.63) is 22.8 Å². The van der Waals surface area contributed by atoms with Crippen molar-refractivity contribution >= 4 is 17.4 Å². The Morgan fingerprint density at radius 3 is 2.61 bits per heavy atom. The molecule has 1 aromatic rings. The second kappa shape index (κ2) is 6.36. The van der Waals surface area contributed by atoms with Crippen LogP contribution in [0.3, 0.4) is 0 Å². The number of pyridine rings is 1. The van der Waals surface area contributed by atoms with E-state index in [2.05, 4.69) is 22.1 Å². The topological polar surface area (TPSA) is 48.4 Å². The van der Waals surface area contributed by atoms with Crippen LogP contribution in [0.1, 0.15) is 26.5 Å². The summed E-state index contributed by atoms with van der Waals surface area (Å²) in [4.78, 5) is 6.56. The zero-order chi connectivity index (χ0) is 13.8. The van der Waals surface area contributed by atoms with Crippen molar-refractivity contribution in [1.82, 2.24) is 9.88 Å². The Morgan fingerprint density at radius 1 is 1.44 bits per heavy atom. The summed E-state index contributed by atoms with van der Waals surface area (Å²) >= 11 is 6.15. The van der Waals surface area contributed by atoms with Crippen LogP contribution in [0.4, 0.5) is 5.82 Å². The third kappa shape index (κ3) is 4.80. The Kier molecular flexibility index (Phi) is 5.38. The number of aliphatic hydroxyl groups is 1. The molecule has 0 saturated heterocycles. The third-order valence-corrected chi connectivity index (χ3v) is 2.95. The molecule has 1 heterocycles. The Labute approximate surface area is 114 Å². The fourth-order valence-electron chi connectivity index (χ4n) is 1.77. The van der Waals surface area contributed by atoms with Crippen LogP contribution >= 0.6 is 11.6 Å². The molecular formula is C13H22ClN3O. The first kappa shape index (κ1) is 15.2. The molecule has 1 rings (SSSR count). The molecule has 0 amide bonds. The van der Waals surface area contributed by atoms with E-state index in [0.717, 1.165) is 18.1 Å². The van der Waals surface area contributed by atoms with Crippen LogP contribution < -0.4 is 5.32 Å². The molecule has 0 aliphatic rings. The first-order valence-corrected chi connectivity index (χ1v) is 6.51. The Bertz CT molecular complexity index is 390. The summed E-state index contributed by atoms with van der Waals surface area (Å²) in [6.45, 7) is 7.72. The predicted octanol–water partition coefficient (Wildman–Crippen LogP) is 2.37. The Morgan fingerprint density at radius 2 is 2.11 bits per heavy atom. The van der Waals surface area contributed by atoms with Gasteiger partial charge in [0.15, 0.2) is 0 Å². The fraction of sp³-hybridized carbons (Fsp3) is 0.615. The maximum atomic E-state index is 9.86. The molecule has 2 N–H and O–H groups in total. The molecule has 0 fully saturated rings. The largest absolute Gasteiger partial charge is 0.389 e. The normalized spacial score (nSPS) is 11.9. The molecule has 0 aromatic carbocycles. The maximum Gasteiger partial charge on any atom is 0.126 e. The summed E-state index contributed by atoms with van der Waals surface area (Å²) in [7, 11) is 1.83. The summed E-state index contributed by atoms with van der Waals surface area (Å²) in [5.41, 5.74) is 0.109. The molecule has 0 atom stereocenters. The minimum absolute atomic E-state index is 0.589. The number of hydrogen-bond donors (Lipinski definition) is 2. The van der Waals surface area contributed by atoms with Crippen LogP contribution in [0.15, 0.2) is 12.1 Å². The van der Waals surface area contributed by atoms with E-state index in [-0.39, 0.29) is 0 Å². The first-order chi connectivity index (χ1) is 8.35. The van der Waals surface area contributed by atoms with Gasteiger partial charge in [0.2, 0.25) is 0 Å². The van der Waals surface area contributed by atoms with Gasteiger partial charge in [-0.2, -0.15) is 0 Å². The van der Waals surface area contributed by atoms with Gasteiger partial charge in [0, 0.05) is 20.1 Å². The van der Waals surface area contributed by atoms with Gasteiger partial charge in [-0.05, 0) is 32.5 Å². The lowest BCUT2D eigenvalue weighted by Crippen LogP contribution is -2.38. The van der Waals surface area contributed by atoms with Crippen LogP contribution in [-0.4, -0.2) is 40.7 Å². The number of hydrogen-bond acceptors (Lipinski definition) is 4. The molecule has 0 saturated carbocycles. The van der Waals surface area contributed by atoms with Crippen LogP contribution in [0.2, 0.25) is 5.02 Å². The Hall–Kier alpha value is -0.840. The lowest BCUT2D eigenvalue weighted by Gasteiger charge is -2.27.